The largest absolute Gasteiger partial charge is 0.457 e. The molecule has 4 nitrogen and oxygen atoms in total. The Morgan fingerprint density at radius 1 is 1.33 bits per heavy atom. The van der Waals surface area contributed by atoms with E-state index in [9.17, 15) is 9.59 Å². The smallest absolute Gasteiger partial charge is 0.324 e. The van der Waals surface area contributed by atoms with Crippen LogP contribution in [0.15, 0.2) is 18.2 Å². The number of halogens is 2. The monoisotopic (exact) mass is 371 g/mol. The first-order chi connectivity index (χ1) is 11.2. The highest BCUT2D eigenvalue weighted by Crippen LogP contribution is 2.25. The summed E-state index contributed by atoms with van der Waals surface area (Å²) in [7, 11) is 0. The second-order valence-electron chi connectivity index (χ2n) is 6.75. The molecule has 1 aliphatic heterocycles. The number of hydrogen-bond acceptors (Lipinski definition) is 4. The highest BCUT2D eigenvalue weighted by atomic mass is 35.5. The number of carbonyl (C=O) groups excluding carboxylic acids is 2. The first-order valence-electron chi connectivity index (χ1n) is 8.14. The van der Waals surface area contributed by atoms with Gasteiger partial charge in [0.2, 0.25) is 0 Å². The Hall–Kier alpha value is -1.10. The fraction of sp³-hybridized carbons (Fsp3) is 0.556. The first kappa shape index (κ1) is 19.2. The minimum Gasteiger partial charge on any atom is -0.457 e. The van der Waals surface area contributed by atoms with Gasteiger partial charge in [-0.3, -0.25) is 14.5 Å². The van der Waals surface area contributed by atoms with Crippen LogP contribution in [0.3, 0.4) is 0 Å². The Morgan fingerprint density at radius 2 is 2.04 bits per heavy atom. The topological polar surface area (TPSA) is 46.6 Å². The summed E-state index contributed by atoms with van der Waals surface area (Å²) in [6.45, 7) is 7.11. The summed E-state index contributed by atoms with van der Waals surface area (Å²) in [6, 6.07) is 4.87. The van der Waals surface area contributed by atoms with Crippen molar-refractivity contribution in [3.8, 4) is 0 Å². The second kappa shape index (κ2) is 7.85. The number of carbonyl (C=O) groups is 2. The van der Waals surface area contributed by atoms with Crippen molar-refractivity contribution in [1.82, 2.24) is 4.90 Å². The molecule has 0 amide bonds. The number of aryl methyl sites for hydroxylation is 1. The maximum atomic E-state index is 12.3. The van der Waals surface area contributed by atoms with Crippen molar-refractivity contribution >= 4 is 35.0 Å². The summed E-state index contributed by atoms with van der Waals surface area (Å²) in [6.07, 6.45) is 1.13. The normalized spacial score (nSPS) is 20.7. The van der Waals surface area contributed by atoms with Gasteiger partial charge in [-0.05, 0) is 44.5 Å². The number of likely N-dealkylation sites (N-methyl/N-ethyl adjacent to an activating group) is 1. The molecule has 6 heteroatoms. The van der Waals surface area contributed by atoms with Crippen LogP contribution in [-0.4, -0.2) is 41.4 Å². The van der Waals surface area contributed by atoms with E-state index in [-0.39, 0.29) is 18.2 Å². The predicted octanol–water partition coefficient (Wildman–Crippen LogP) is 3.91. The molecule has 0 radical (unpaired) electrons. The highest BCUT2D eigenvalue weighted by Gasteiger charge is 2.40. The lowest BCUT2D eigenvalue weighted by molar-refractivity contribution is -0.178. The lowest BCUT2D eigenvalue weighted by atomic mass is 9.98. The van der Waals surface area contributed by atoms with Crippen LogP contribution in [0.2, 0.25) is 10.0 Å². The van der Waals surface area contributed by atoms with E-state index in [4.69, 9.17) is 27.9 Å². The molecule has 0 aromatic heterocycles. The summed E-state index contributed by atoms with van der Waals surface area (Å²) in [5.41, 5.74) is 0.449. The van der Waals surface area contributed by atoms with Gasteiger partial charge in [0, 0.05) is 19.4 Å². The van der Waals surface area contributed by atoms with E-state index in [1.807, 2.05) is 31.7 Å². The molecule has 1 unspecified atom stereocenters. The zero-order valence-corrected chi connectivity index (χ0v) is 15.8. The fourth-order valence-electron chi connectivity index (χ4n) is 2.96. The van der Waals surface area contributed by atoms with Gasteiger partial charge in [-0.15, -0.1) is 0 Å². The van der Waals surface area contributed by atoms with Crippen LogP contribution >= 0.6 is 23.2 Å². The third kappa shape index (κ3) is 4.95. The number of ether oxygens (including phenoxy) is 1. The van der Waals surface area contributed by atoms with Crippen molar-refractivity contribution in [2.45, 2.75) is 51.7 Å². The quantitative estimate of drug-likeness (QED) is 0.711. The molecule has 1 heterocycles. The fourth-order valence-corrected chi connectivity index (χ4v) is 3.28. The minimum absolute atomic E-state index is 0.0428. The molecule has 0 N–H and O–H groups in total. The van der Waals surface area contributed by atoms with E-state index < -0.39 is 11.6 Å². The number of cyclic esters (lactones) is 1. The molecule has 1 aromatic carbocycles. The number of ketones is 1. The van der Waals surface area contributed by atoms with Crippen LogP contribution in [0.4, 0.5) is 0 Å². The van der Waals surface area contributed by atoms with Gasteiger partial charge < -0.3 is 4.74 Å². The van der Waals surface area contributed by atoms with Crippen molar-refractivity contribution in [2.24, 2.45) is 0 Å². The number of nitrogens with zero attached hydrogens (tertiary/aromatic N) is 1. The van der Waals surface area contributed by atoms with E-state index in [0.717, 1.165) is 5.56 Å². The molecule has 0 bridgehead atoms. The van der Waals surface area contributed by atoms with Gasteiger partial charge in [-0.1, -0.05) is 36.2 Å². The number of benzene rings is 1. The van der Waals surface area contributed by atoms with Crippen molar-refractivity contribution in [2.75, 3.05) is 13.1 Å². The summed E-state index contributed by atoms with van der Waals surface area (Å²) in [5.74, 6) is -0.267. The van der Waals surface area contributed by atoms with Crippen LogP contribution < -0.4 is 0 Å². The molecule has 0 aliphatic carbocycles. The number of morpholine rings is 1. The SMILES string of the molecule is CCN1CC(C)(C)OC(=O)C1CC(=O)CCc1ccc(Cl)c(Cl)c1. The summed E-state index contributed by atoms with van der Waals surface area (Å²) in [4.78, 5) is 26.6. The molecule has 1 aliphatic rings. The van der Waals surface area contributed by atoms with Crippen LogP contribution in [0.25, 0.3) is 0 Å². The maximum absolute atomic E-state index is 12.3. The first-order valence-corrected chi connectivity index (χ1v) is 8.90. The standard InChI is InChI=1S/C18H23Cl2NO3/c1-4-21-11-18(2,3)24-17(23)16(21)10-13(22)7-5-12-6-8-14(19)15(20)9-12/h6,8-9,16H,4-5,7,10-11H2,1-3H3. The van der Waals surface area contributed by atoms with Crippen LogP contribution in [0, 0.1) is 0 Å². The zero-order valence-electron chi connectivity index (χ0n) is 14.3. The Balaban J connectivity index is 1.93. The van der Waals surface area contributed by atoms with Gasteiger partial charge in [0.15, 0.2) is 0 Å². The van der Waals surface area contributed by atoms with E-state index in [1.54, 1.807) is 12.1 Å². The zero-order chi connectivity index (χ0) is 17.9. The minimum atomic E-state index is -0.507. The lowest BCUT2D eigenvalue weighted by Crippen LogP contribution is -2.57. The molecular formula is C18H23Cl2NO3. The molecule has 1 saturated heterocycles. The van der Waals surface area contributed by atoms with E-state index in [0.29, 0.717) is 36.0 Å². The molecule has 24 heavy (non-hydrogen) atoms. The number of esters is 1. The van der Waals surface area contributed by atoms with Crippen molar-refractivity contribution in [3.63, 3.8) is 0 Å². The summed E-state index contributed by atoms with van der Waals surface area (Å²) >= 11 is 11.9. The van der Waals surface area contributed by atoms with Gasteiger partial charge >= 0.3 is 5.97 Å². The van der Waals surface area contributed by atoms with Gasteiger partial charge in [0.25, 0.3) is 0 Å². The van der Waals surface area contributed by atoms with Crippen molar-refractivity contribution < 1.29 is 14.3 Å². The van der Waals surface area contributed by atoms with Crippen molar-refractivity contribution in [1.29, 1.82) is 0 Å². The second-order valence-corrected chi connectivity index (χ2v) is 7.57. The highest BCUT2D eigenvalue weighted by molar-refractivity contribution is 6.42. The van der Waals surface area contributed by atoms with Crippen LogP contribution in [0.5, 0.6) is 0 Å². The molecule has 2 rings (SSSR count). The number of rotatable bonds is 6. The van der Waals surface area contributed by atoms with Gasteiger partial charge in [-0.25, -0.2) is 0 Å². The number of hydrogen-bond donors (Lipinski definition) is 0. The average Bonchev–Trinajstić information content (AvgIpc) is 2.50. The Kier molecular flexibility index (Phi) is 6.29. The van der Waals surface area contributed by atoms with E-state index in [2.05, 4.69) is 0 Å². The maximum Gasteiger partial charge on any atom is 0.324 e. The predicted molar refractivity (Wildman–Crippen MR) is 95.6 cm³/mol. The summed E-state index contributed by atoms with van der Waals surface area (Å²) in [5, 5.41) is 0.981. The molecule has 0 saturated carbocycles. The summed E-state index contributed by atoms with van der Waals surface area (Å²) < 4.78 is 5.45. The Bertz CT molecular complexity index is 631. The van der Waals surface area contributed by atoms with E-state index in [1.165, 1.54) is 0 Å². The molecule has 132 valence electrons. The Morgan fingerprint density at radius 3 is 2.67 bits per heavy atom. The third-order valence-electron chi connectivity index (χ3n) is 4.18. The van der Waals surface area contributed by atoms with Gasteiger partial charge in [0.05, 0.1) is 10.0 Å². The van der Waals surface area contributed by atoms with Gasteiger partial charge in [0.1, 0.15) is 17.4 Å². The van der Waals surface area contributed by atoms with Crippen LogP contribution in [-0.2, 0) is 20.7 Å². The average molecular weight is 372 g/mol. The molecule has 1 aromatic rings. The lowest BCUT2D eigenvalue weighted by Gasteiger charge is -2.41. The molecule has 0 spiro atoms. The van der Waals surface area contributed by atoms with Gasteiger partial charge in [-0.2, -0.15) is 0 Å². The third-order valence-corrected chi connectivity index (χ3v) is 4.92. The Labute approximate surface area is 153 Å². The molecular weight excluding hydrogens is 349 g/mol. The van der Waals surface area contributed by atoms with Crippen molar-refractivity contribution in [3.05, 3.63) is 33.8 Å². The van der Waals surface area contributed by atoms with Crippen LogP contribution in [0.1, 0.15) is 39.2 Å². The molecule has 1 atom stereocenters. The number of Topliss-reactive ketones (excluding diaryl/α,β-unsaturated/α-hetero) is 1. The van der Waals surface area contributed by atoms with E-state index >= 15 is 0 Å². The molecule has 1 fully saturated rings.